The van der Waals surface area contributed by atoms with E-state index >= 15 is 0 Å². The van der Waals surface area contributed by atoms with E-state index in [4.69, 9.17) is 9.47 Å². The third-order valence-electron chi connectivity index (χ3n) is 5.41. The minimum absolute atomic E-state index is 0.193. The Kier molecular flexibility index (Phi) is 6.29. The SMILES string of the molecule is Cc1ccc(C)c(S(=O)(=O)Nc2ccc(C(=O)N(C)CC3COc4ccccc4O3)cc2)c1. The molecule has 3 aromatic carbocycles. The van der Waals surface area contributed by atoms with Gasteiger partial charge in [-0.15, -0.1) is 0 Å². The van der Waals surface area contributed by atoms with Gasteiger partial charge >= 0.3 is 0 Å². The predicted molar refractivity (Wildman–Crippen MR) is 126 cm³/mol. The standard InChI is InChI=1S/C25H26N2O5S/c1-17-8-9-18(2)24(14-17)33(29,30)26-20-12-10-19(11-13-20)25(28)27(3)15-21-16-31-22-6-4-5-7-23(22)32-21/h4-14,21,26H,15-16H2,1-3H3. The van der Waals surface area contributed by atoms with Crippen molar-refractivity contribution >= 4 is 21.6 Å². The van der Waals surface area contributed by atoms with Crippen molar-refractivity contribution in [2.75, 3.05) is 24.9 Å². The molecule has 1 aliphatic rings. The van der Waals surface area contributed by atoms with Crippen LogP contribution in [0.3, 0.4) is 0 Å². The molecule has 4 rings (SSSR count). The molecule has 7 nitrogen and oxygen atoms in total. The van der Waals surface area contributed by atoms with Crippen LogP contribution < -0.4 is 14.2 Å². The summed E-state index contributed by atoms with van der Waals surface area (Å²) in [6.45, 7) is 4.31. The van der Waals surface area contributed by atoms with Gasteiger partial charge in [-0.3, -0.25) is 9.52 Å². The van der Waals surface area contributed by atoms with Gasteiger partial charge in [-0.1, -0.05) is 24.3 Å². The van der Waals surface area contributed by atoms with Crippen molar-refractivity contribution < 1.29 is 22.7 Å². The number of hydrogen-bond acceptors (Lipinski definition) is 5. The number of benzene rings is 3. The van der Waals surface area contributed by atoms with Crippen molar-refractivity contribution in [1.29, 1.82) is 0 Å². The summed E-state index contributed by atoms with van der Waals surface area (Å²) in [7, 11) is -2.04. The molecule has 0 radical (unpaired) electrons. The largest absolute Gasteiger partial charge is 0.486 e. The first kappa shape index (κ1) is 22.7. The highest BCUT2D eigenvalue weighted by Crippen LogP contribution is 2.31. The summed E-state index contributed by atoms with van der Waals surface area (Å²) in [5, 5.41) is 0. The lowest BCUT2D eigenvalue weighted by Crippen LogP contribution is -2.41. The number of ether oxygens (including phenoxy) is 2. The van der Waals surface area contributed by atoms with Gasteiger partial charge in [0, 0.05) is 18.3 Å². The molecule has 0 bridgehead atoms. The van der Waals surface area contributed by atoms with Crippen LogP contribution in [0.4, 0.5) is 5.69 Å². The Balaban J connectivity index is 1.40. The van der Waals surface area contributed by atoms with Gasteiger partial charge in [0.1, 0.15) is 6.61 Å². The zero-order valence-corrected chi connectivity index (χ0v) is 19.6. The van der Waals surface area contributed by atoms with Crippen molar-refractivity contribution in [3.8, 4) is 11.5 Å². The van der Waals surface area contributed by atoms with E-state index in [0.29, 0.717) is 41.5 Å². The van der Waals surface area contributed by atoms with Crippen LogP contribution in [-0.4, -0.2) is 45.5 Å². The molecule has 1 amide bonds. The maximum Gasteiger partial charge on any atom is 0.262 e. The van der Waals surface area contributed by atoms with Gasteiger partial charge < -0.3 is 14.4 Å². The lowest BCUT2D eigenvalue weighted by atomic mass is 10.2. The van der Waals surface area contributed by atoms with Crippen LogP contribution in [0.5, 0.6) is 11.5 Å². The van der Waals surface area contributed by atoms with Crippen LogP contribution in [0.2, 0.25) is 0 Å². The fraction of sp³-hybridized carbons (Fsp3) is 0.240. The maximum atomic E-state index is 12.9. The molecule has 0 aliphatic carbocycles. The van der Waals surface area contributed by atoms with Crippen molar-refractivity contribution in [2.24, 2.45) is 0 Å². The molecule has 3 aromatic rings. The third kappa shape index (κ3) is 5.12. The zero-order valence-electron chi connectivity index (χ0n) is 18.7. The highest BCUT2D eigenvalue weighted by Gasteiger charge is 2.24. The molecule has 0 spiro atoms. The normalized spacial score (nSPS) is 15.1. The fourth-order valence-electron chi connectivity index (χ4n) is 3.65. The number of anilines is 1. The van der Waals surface area contributed by atoms with Crippen molar-refractivity contribution in [2.45, 2.75) is 24.8 Å². The minimum Gasteiger partial charge on any atom is -0.486 e. The average molecular weight is 467 g/mol. The Morgan fingerprint density at radius 1 is 1.03 bits per heavy atom. The van der Waals surface area contributed by atoms with E-state index in [1.54, 1.807) is 55.3 Å². The smallest absolute Gasteiger partial charge is 0.262 e. The van der Waals surface area contributed by atoms with Gasteiger partial charge in [0.2, 0.25) is 0 Å². The van der Waals surface area contributed by atoms with Gasteiger partial charge in [-0.25, -0.2) is 8.42 Å². The Labute approximate surface area is 194 Å². The van der Waals surface area contributed by atoms with E-state index < -0.39 is 10.0 Å². The summed E-state index contributed by atoms with van der Waals surface area (Å²) in [5.41, 5.74) is 2.36. The number of sulfonamides is 1. The van der Waals surface area contributed by atoms with E-state index in [1.165, 1.54) is 0 Å². The van der Waals surface area contributed by atoms with Gasteiger partial charge in [0.05, 0.1) is 11.4 Å². The molecule has 1 atom stereocenters. The number of amides is 1. The average Bonchev–Trinajstić information content (AvgIpc) is 2.80. The lowest BCUT2D eigenvalue weighted by molar-refractivity contribution is 0.0521. The lowest BCUT2D eigenvalue weighted by Gasteiger charge is -2.29. The first-order valence-electron chi connectivity index (χ1n) is 10.6. The summed E-state index contributed by atoms with van der Waals surface area (Å²) < 4.78 is 39.8. The van der Waals surface area contributed by atoms with Crippen molar-refractivity contribution in [3.05, 3.63) is 83.4 Å². The minimum atomic E-state index is -3.74. The van der Waals surface area contributed by atoms with Gasteiger partial charge in [0.25, 0.3) is 15.9 Å². The number of nitrogens with one attached hydrogen (secondary N) is 1. The van der Waals surface area contributed by atoms with Crippen LogP contribution >= 0.6 is 0 Å². The Morgan fingerprint density at radius 3 is 2.45 bits per heavy atom. The quantitative estimate of drug-likeness (QED) is 0.593. The monoisotopic (exact) mass is 466 g/mol. The molecule has 1 heterocycles. The third-order valence-corrected chi connectivity index (χ3v) is 6.93. The summed E-state index contributed by atoms with van der Waals surface area (Å²) in [4.78, 5) is 14.7. The van der Waals surface area contributed by atoms with Gasteiger partial charge in [-0.05, 0) is 67.4 Å². The number of carbonyl (C=O) groups is 1. The van der Waals surface area contributed by atoms with Crippen LogP contribution in [-0.2, 0) is 10.0 Å². The number of rotatable bonds is 6. The number of para-hydroxylation sites is 2. The number of hydrogen-bond donors (Lipinski definition) is 1. The molecular formula is C25H26N2O5S. The van der Waals surface area contributed by atoms with E-state index in [0.717, 1.165) is 5.56 Å². The van der Waals surface area contributed by atoms with Gasteiger partial charge in [-0.2, -0.15) is 0 Å². The second-order valence-electron chi connectivity index (χ2n) is 8.14. The first-order valence-corrected chi connectivity index (χ1v) is 12.1. The number of aryl methyl sites for hydroxylation is 2. The molecule has 1 unspecified atom stereocenters. The second kappa shape index (κ2) is 9.15. The Morgan fingerprint density at radius 2 is 1.73 bits per heavy atom. The van der Waals surface area contributed by atoms with E-state index in [9.17, 15) is 13.2 Å². The van der Waals surface area contributed by atoms with E-state index in [2.05, 4.69) is 4.72 Å². The van der Waals surface area contributed by atoms with Crippen LogP contribution in [0, 0.1) is 13.8 Å². The summed E-state index contributed by atoms with van der Waals surface area (Å²) in [6, 6.07) is 19.1. The van der Waals surface area contributed by atoms with Crippen molar-refractivity contribution in [3.63, 3.8) is 0 Å². The number of fused-ring (bicyclic) bond motifs is 1. The highest BCUT2D eigenvalue weighted by atomic mass is 32.2. The molecular weight excluding hydrogens is 440 g/mol. The number of carbonyl (C=O) groups excluding carboxylic acids is 1. The molecule has 0 fully saturated rings. The molecule has 33 heavy (non-hydrogen) atoms. The maximum absolute atomic E-state index is 12.9. The molecule has 0 aromatic heterocycles. The molecule has 1 aliphatic heterocycles. The summed E-state index contributed by atoms with van der Waals surface area (Å²) >= 11 is 0. The fourth-order valence-corrected chi connectivity index (χ4v) is 5.04. The summed E-state index contributed by atoms with van der Waals surface area (Å²) in [5.74, 6) is 1.16. The zero-order chi connectivity index (χ0) is 23.6. The van der Waals surface area contributed by atoms with Crippen LogP contribution in [0.1, 0.15) is 21.5 Å². The Bertz CT molecular complexity index is 1270. The second-order valence-corrected chi connectivity index (χ2v) is 9.79. The number of nitrogens with zero attached hydrogens (tertiary/aromatic N) is 1. The van der Waals surface area contributed by atoms with E-state index in [-0.39, 0.29) is 16.9 Å². The molecule has 8 heteroatoms. The van der Waals surface area contributed by atoms with E-state index in [1.807, 2.05) is 37.3 Å². The van der Waals surface area contributed by atoms with Crippen molar-refractivity contribution in [1.82, 2.24) is 4.90 Å². The molecule has 172 valence electrons. The first-order chi connectivity index (χ1) is 15.7. The molecule has 1 N–H and O–H groups in total. The summed E-state index contributed by atoms with van der Waals surface area (Å²) in [6.07, 6.45) is -0.280. The molecule has 0 saturated carbocycles. The number of likely N-dealkylation sites (N-methyl/N-ethyl adjacent to an activating group) is 1. The highest BCUT2D eigenvalue weighted by molar-refractivity contribution is 7.92. The predicted octanol–water partition coefficient (Wildman–Crippen LogP) is 4.02. The van der Waals surface area contributed by atoms with Crippen LogP contribution in [0.15, 0.2) is 71.6 Å². The topological polar surface area (TPSA) is 84.9 Å². The van der Waals surface area contributed by atoms with Crippen LogP contribution in [0.25, 0.3) is 0 Å². The Hall–Kier alpha value is -3.52. The molecule has 0 saturated heterocycles. The van der Waals surface area contributed by atoms with Gasteiger partial charge in [0.15, 0.2) is 17.6 Å².